The fourth-order valence-corrected chi connectivity index (χ4v) is 2.27. The van der Waals surface area contributed by atoms with E-state index in [-0.39, 0.29) is 5.56 Å². The Hall–Kier alpha value is -3.04. The smallest absolute Gasteiger partial charge is 0.249 e. The van der Waals surface area contributed by atoms with Crippen molar-refractivity contribution in [2.24, 2.45) is 5.92 Å². The monoisotopic (exact) mass is 358 g/mol. The van der Waals surface area contributed by atoms with Crippen molar-refractivity contribution in [1.82, 2.24) is 0 Å². The van der Waals surface area contributed by atoms with Crippen molar-refractivity contribution in [2.45, 2.75) is 0 Å². The van der Waals surface area contributed by atoms with Crippen LogP contribution in [-0.4, -0.2) is 25.9 Å². The topological polar surface area (TPSA) is 88.4 Å². The highest BCUT2D eigenvalue weighted by Crippen LogP contribution is 2.30. The number of methoxy groups -OCH3 is 2. The Morgan fingerprint density at radius 3 is 2.28 bits per heavy atom. The van der Waals surface area contributed by atoms with Gasteiger partial charge in [0.25, 0.3) is 0 Å². The molecule has 1 unspecified atom stereocenters. The van der Waals surface area contributed by atoms with E-state index < -0.39 is 17.6 Å². The van der Waals surface area contributed by atoms with Crippen LogP contribution in [0.5, 0.6) is 11.5 Å². The van der Waals surface area contributed by atoms with E-state index in [1.54, 1.807) is 18.2 Å². The van der Waals surface area contributed by atoms with Gasteiger partial charge in [0.05, 0.1) is 20.3 Å². The molecule has 128 valence electrons. The van der Waals surface area contributed by atoms with Gasteiger partial charge in [-0.2, -0.15) is 5.26 Å². The molecule has 0 spiro atoms. The number of amides is 1. The van der Waals surface area contributed by atoms with E-state index in [9.17, 15) is 14.9 Å². The van der Waals surface area contributed by atoms with E-state index in [4.69, 9.17) is 21.1 Å². The predicted octanol–water partition coefficient (Wildman–Crippen LogP) is 3.32. The molecule has 7 heteroatoms. The first-order chi connectivity index (χ1) is 12.0. The number of hydrogen-bond acceptors (Lipinski definition) is 5. The van der Waals surface area contributed by atoms with Gasteiger partial charge < -0.3 is 14.8 Å². The minimum Gasteiger partial charge on any atom is -0.493 e. The molecule has 1 atom stereocenters. The Balaban J connectivity index is 2.19. The number of nitrogens with one attached hydrogen (secondary N) is 1. The number of ketones is 1. The van der Waals surface area contributed by atoms with Crippen molar-refractivity contribution < 1.29 is 19.1 Å². The van der Waals surface area contributed by atoms with E-state index in [2.05, 4.69) is 5.32 Å². The Morgan fingerprint density at radius 2 is 1.72 bits per heavy atom. The molecule has 25 heavy (non-hydrogen) atoms. The lowest BCUT2D eigenvalue weighted by molar-refractivity contribution is -0.117. The molecule has 0 aromatic heterocycles. The lowest BCUT2D eigenvalue weighted by Gasteiger charge is -2.12. The molecule has 0 heterocycles. The SMILES string of the molecule is COc1ccc(NC(=O)C(C#N)C(=O)c2ccc(Cl)cc2)cc1OC. The largest absolute Gasteiger partial charge is 0.493 e. The number of nitriles is 1. The average molecular weight is 359 g/mol. The molecule has 2 aromatic carbocycles. The lowest BCUT2D eigenvalue weighted by Crippen LogP contribution is -2.28. The van der Waals surface area contributed by atoms with E-state index in [1.165, 1.54) is 44.6 Å². The van der Waals surface area contributed by atoms with Gasteiger partial charge >= 0.3 is 0 Å². The number of ether oxygens (including phenoxy) is 2. The molecule has 1 N–H and O–H groups in total. The summed E-state index contributed by atoms with van der Waals surface area (Å²) in [5, 5.41) is 12.2. The van der Waals surface area contributed by atoms with Crippen LogP contribution >= 0.6 is 11.6 Å². The number of halogens is 1. The second kappa shape index (κ2) is 8.18. The molecule has 0 saturated heterocycles. The molecule has 0 saturated carbocycles. The highest BCUT2D eigenvalue weighted by Gasteiger charge is 2.27. The van der Waals surface area contributed by atoms with Gasteiger partial charge in [-0.3, -0.25) is 9.59 Å². The van der Waals surface area contributed by atoms with Crippen LogP contribution in [0.25, 0.3) is 0 Å². The van der Waals surface area contributed by atoms with Crippen molar-refractivity contribution in [3.05, 3.63) is 53.1 Å². The average Bonchev–Trinajstić information content (AvgIpc) is 2.62. The molecule has 0 aliphatic rings. The second-order valence-corrected chi connectivity index (χ2v) is 5.43. The van der Waals surface area contributed by atoms with Gasteiger partial charge in [-0.15, -0.1) is 0 Å². The van der Waals surface area contributed by atoms with Gasteiger partial charge in [-0.25, -0.2) is 0 Å². The molecule has 0 aliphatic carbocycles. The third-order valence-corrected chi connectivity index (χ3v) is 3.69. The second-order valence-electron chi connectivity index (χ2n) is 4.99. The summed E-state index contributed by atoms with van der Waals surface area (Å²) in [7, 11) is 2.96. The van der Waals surface area contributed by atoms with Crippen LogP contribution in [0, 0.1) is 17.2 Å². The van der Waals surface area contributed by atoms with Gasteiger partial charge in [0.1, 0.15) is 0 Å². The molecule has 0 aliphatic heterocycles. The van der Waals surface area contributed by atoms with E-state index in [0.29, 0.717) is 22.2 Å². The van der Waals surface area contributed by atoms with Crippen molar-refractivity contribution in [1.29, 1.82) is 5.26 Å². The fraction of sp³-hybridized carbons (Fsp3) is 0.167. The summed E-state index contributed by atoms with van der Waals surface area (Å²) in [6, 6.07) is 12.5. The molecule has 0 fully saturated rings. The molecular formula is C18H15ClN2O4. The zero-order valence-corrected chi connectivity index (χ0v) is 14.3. The number of carbonyl (C=O) groups is 2. The first-order valence-corrected chi connectivity index (χ1v) is 7.60. The van der Waals surface area contributed by atoms with Crippen molar-refractivity contribution >= 4 is 29.0 Å². The lowest BCUT2D eigenvalue weighted by atomic mass is 9.98. The summed E-state index contributed by atoms with van der Waals surface area (Å²) in [5.41, 5.74) is 0.616. The van der Waals surface area contributed by atoms with Gasteiger partial charge in [-0.1, -0.05) is 11.6 Å². The Morgan fingerprint density at radius 1 is 1.08 bits per heavy atom. The number of rotatable bonds is 6. The number of hydrogen-bond donors (Lipinski definition) is 1. The van der Waals surface area contributed by atoms with Crippen LogP contribution in [-0.2, 0) is 4.79 Å². The molecule has 1 amide bonds. The Labute approximate surface area is 149 Å². The molecule has 2 rings (SSSR count). The normalized spacial score (nSPS) is 11.1. The molecule has 6 nitrogen and oxygen atoms in total. The maximum Gasteiger partial charge on any atom is 0.249 e. The van der Waals surface area contributed by atoms with E-state index >= 15 is 0 Å². The zero-order chi connectivity index (χ0) is 18.4. The Kier molecular flexibility index (Phi) is 5.98. The van der Waals surface area contributed by atoms with Gasteiger partial charge in [0, 0.05) is 22.3 Å². The number of anilines is 1. The fourth-order valence-electron chi connectivity index (χ4n) is 2.15. The van der Waals surface area contributed by atoms with Crippen molar-refractivity contribution in [3.63, 3.8) is 0 Å². The standard InChI is InChI=1S/C18H15ClN2O4/c1-24-15-8-7-13(9-16(15)25-2)21-18(23)14(10-20)17(22)11-3-5-12(19)6-4-11/h3-9,14H,1-2H3,(H,21,23). The number of nitrogens with zero attached hydrogens (tertiary/aromatic N) is 1. The molecule has 0 bridgehead atoms. The molecule has 0 radical (unpaired) electrons. The van der Waals surface area contributed by atoms with Gasteiger partial charge in [0.2, 0.25) is 5.91 Å². The quantitative estimate of drug-likeness (QED) is 0.632. The summed E-state index contributed by atoms with van der Waals surface area (Å²) in [5.74, 6) is -1.89. The number of Topliss-reactive ketones (excluding diaryl/α,β-unsaturated/α-hetero) is 1. The van der Waals surface area contributed by atoms with Crippen LogP contribution in [0.2, 0.25) is 5.02 Å². The predicted molar refractivity (Wildman–Crippen MR) is 93.1 cm³/mol. The summed E-state index contributed by atoms with van der Waals surface area (Å²) >= 11 is 5.78. The third-order valence-electron chi connectivity index (χ3n) is 3.43. The van der Waals surface area contributed by atoms with E-state index in [1.807, 2.05) is 0 Å². The zero-order valence-electron chi connectivity index (χ0n) is 13.6. The van der Waals surface area contributed by atoms with Crippen molar-refractivity contribution in [3.8, 4) is 17.6 Å². The summed E-state index contributed by atoms with van der Waals surface area (Å²) in [6.45, 7) is 0. The van der Waals surface area contributed by atoms with Crippen LogP contribution < -0.4 is 14.8 Å². The third kappa shape index (κ3) is 4.28. The van der Waals surface area contributed by atoms with Gasteiger partial charge in [0.15, 0.2) is 23.2 Å². The summed E-state index contributed by atoms with van der Waals surface area (Å²) in [4.78, 5) is 24.7. The maximum atomic E-state index is 12.4. The minimum atomic E-state index is -1.48. The van der Waals surface area contributed by atoms with Crippen LogP contribution in [0.3, 0.4) is 0 Å². The van der Waals surface area contributed by atoms with Crippen molar-refractivity contribution in [2.75, 3.05) is 19.5 Å². The first-order valence-electron chi connectivity index (χ1n) is 7.22. The number of carbonyl (C=O) groups excluding carboxylic acids is 2. The molecular weight excluding hydrogens is 344 g/mol. The highest BCUT2D eigenvalue weighted by atomic mass is 35.5. The maximum absolute atomic E-state index is 12.4. The van der Waals surface area contributed by atoms with Crippen LogP contribution in [0.15, 0.2) is 42.5 Å². The summed E-state index contributed by atoms with van der Waals surface area (Å²) in [6.07, 6.45) is 0. The summed E-state index contributed by atoms with van der Waals surface area (Å²) < 4.78 is 10.3. The van der Waals surface area contributed by atoms with Gasteiger partial charge in [-0.05, 0) is 36.4 Å². The Bertz CT molecular complexity index is 828. The molecule has 2 aromatic rings. The minimum absolute atomic E-state index is 0.235. The highest BCUT2D eigenvalue weighted by molar-refractivity contribution is 6.30. The number of benzene rings is 2. The van der Waals surface area contributed by atoms with Crippen LogP contribution in [0.4, 0.5) is 5.69 Å². The first kappa shape index (κ1) is 18.3. The van der Waals surface area contributed by atoms with Crippen LogP contribution in [0.1, 0.15) is 10.4 Å². The van der Waals surface area contributed by atoms with E-state index in [0.717, 1.165) is 0 Å².